The lowest BCUT2D eigenvalue weighted by atomic mass is 10.1. The molecule has 0 radical (unpaired) electrons. The lowest BCUT2D eigenvalue weighted by Crippen LogP contribution is -2.40. The van der Waals surface area contributed by atoms with Crippen molar-refractivity contribution in [2.75, 3.05) is 34.7 Å². The normalized spacial score (nSPS) is 13.9. The highest BCUT2D eigenvalue weighted by molar-refractivity contribution is 5.79. The van der Waals surface area contributed by atoms with Crippen molar-refractivity contribution >= 4 is 5.96 Å². The van der Waals surface area contributed by atoms with E-state index in [1.807, 2.05) is 31.2 Å². The van der Waals surface area contributed by atoms with E-state index < -0.39 is 0 Å². The van der Waals surface area contributed by atoms with Crippen LogP contribution in [0.15, 0.2) is 17.4 Å². The van der Waals surface area contributed by atoms with Crippen LogP contribution in [-0.4, -0.2) is 55.4 Å². The molecule has 0 aromatic carbocycles. The van der Waals surface area contributed by atoms with Gasteiger partial charge in [-0.2, -0.15) is 5.10 Å². The molecule has 1 heterocycles. The molecule has 0 saturated carbocycles. The number of aliphatic imine (C=N–C) groups is 1. The monoisotopic (exact) mass is 238 g/mol. The van der Waals surface area contributed by atoms with Gasteiger partial charge in [-0.3, -0.25) is 9.67 Å². The summed E-state index contributed by atoms with van der Waals surface area (Å²) in [6, 6.07) is 0.272. The predicted octanol–water partition coefficient (Wildman–Crippen LogP) is -0.182. The number of hydrogen-bond donors (Lipinski definition) is 2. The predicted molar refractivity (Wildman–Crippen MR) is 70.1 cm³/mol. The van der Waals surface area contributed by atoms with Gasteiger partial charge >= 0.3 is 0 Å². The molecule has 96 valence electrons. The molecule has 0 saturated heterocycles. The Bertz CT molecular complexity index is 368. The first-order valence-electron chi connectivity index (χ1n) is 5.61. The molecule has 0 spiro atoms. The Kier molecular flexibility index (Phi) is 4.96. The molecule has 0 aliphatic rings. The van der Waals surface area contributed by atoms with Crippen molar-refractivity contribution in [3.05, 3.63) is 18.0 Å². The van der Waals surface area contributed by atoms with Crippen molar-refractivity contribution in [3.8, 4) is 0 Å². The zero-order valence-electron chi connectivity index (χ0n) is 11.2. The lowest BCUT2D eigenvalue weighted by molar-refractivity contribution is 0.298. The fourth-order valence-electron chi connectivity index (χ4n) is 1.68. The van der Waals surface area contributed by atoms with Gasteiger partial charge in [-0.05, 0) is 14.1 Å². The average Bonchev–Trinajstić information content (AvgIpc) is 2.70. The quantitative estimate of drug-likeness (QED) is 0.564. The van der Waals surface area contributed by atoms with Crippen molar-refractivity contribution in [2.45, 2.75) is 6.04 Å². The van der Waals surface area contributed by atoms with Gasteiger partial charge in [-0.25, -0.2) is 0 Å². The van der Waals surface area contributed by atoms with Gasteiger partial charge in [0.15, 0.2) is 5.96 Å². The van der Waals surface area contributed by atoms with Crippen LogP contribution in [0.25, 0.3) is 0 Å². The Hall–Kier alpha value is -1.56. The zero-order valence-corrected chi connectivity index (χ0v) is 11.2. The van der Waals surface area contributed by atoms with Gasteiger partial charge in [0, 0.05) is 39.4 Å². The maximum atomic E-state index is 4.20. The Morgan fingerprint density at radius 2 is 2.29 bits per heavy atom. The van der Waals surface area contributed by atoms with E-state index in [9.17, 15) is 0 Å². The molecular weight excluding hydrogens is 216 g/mol. The summed E-state index contributed by atoms with van der Waals surface area (Å²) in [5.74, 6) is 0.792. The Balaban J connectivity index is 2.68. The third kappa shape index (κ3) is 3.74. The van der Waals surface area contributed by atoms with Crippen molar-refractivity contribution in [3.63, 3.8) is 0 Å². The standard InChI is InChI=1S/C11H22N6/c1-12-11(13-2)14-7-10(16(3)4)9-6-15-17(5)8-9/h6,8,10H,7H2,1-5H3,(H2,12,13,14). The van der Waals surface area contributed by atoms with Crippen molar-refractivity contribution in [2.24, 2.45) is 12.0 Å². The highest BCUT2D eigenvalue weighted by Crippen LogP contribution is 2.15. The Morgan fingerprint density at radius 1 is 1.59 bits per heavy atom. The van der Waals surface area contributed by atoms with Crippen molar-refractivity contribution in [1.29, 1.82) is 0 Å². The minimum atomic E-state index is 0.272. The number of rotatable bonds is 4. The van der Waals surface area contributed by atoms with E-state index in [2.05, 4.69) is 39.7 Å². The summed E-state index contributed by atoms with van der Waals surface area (Å²) in [6.45, 7) is 0.784. The van der Waals surface area contributed by atoms with Gasteiger partial charge in [-0.1, -0.05) is 0 Å². The second-order valence-electron chi connectivity index (χ2n) is 4.13. The fourth-order valence-corrected chi connectivity index (χ4v) is 1.68. The van der Waals surface area contributed by atoms with Crippen LogP contribution in [0.3, 0.4) is 0 Å². The van der Waals surface area contributed by atoms with Crippen LogP contribution in [0.2, 0.25) is 0 Å². The van der Waals surface area contributed by atoms with E-state index in [-0.39, 0.29) is 6.04 Å². The van der Waals surface area contributed by atoms with Crippen LogP contribution < -0.4 is 10.6 Å². The van der Waals surface area contributed by atoms with Gasteiger partial charge < -0.3 is 15.5 Å². The van der Waals surface area contributed by atoms with E-state index in [1.54, 1.807) is 7.05 Å². The van der Waals surface area contributed by atoms with E-state index in [0.29, 0.717) is 0 Å². The van der Waals surface area contributed by atoms with Gasteiger partial charge in [-0.15, -0.1) is 0 Å². The van der Waals surface area contributed by atoms with E-state index >= 15 is 0 Å². The summed E-state index contributed by atoms with van der Waals surface area (Å²) in [5, 5.41) is 10.5. The summed E-state index contributed by atoms with van der Waals surface area (Å²) in [7, 11) is 9.65. The van der Waals surface area contributed by atoms with Crippen molar-refractivity contribution < 1.29 is 0 Å². The molecule has 6 heteroatoms. The first-order chi connectivity index (χ1) is 8.08. The van der Waals surface area contributed by atoms with Crippen LogP contribution >= 0.6 is 0 Å². The Labute approximate surface area is 103 Å². The number of aromatic nitrogens is 2. The van der Waals surface area contributed by atoms with Gasteiger partial charge in [0.2, 0.25) is 0 Å². The number of hydrogen-bond acceptors (Lipinski definition) is 3. The minimum absolute atomic E-state index is 0.272. The van der Waals surface area contributed by atoms with E-state index in [1.165, 1.54) is 5.56 Å². The SMILES string of the molecule is CN=C(NC)NCC(c1cnn(C)c1)N(C)C. The highest BCUT2D eigenvalue weighted by atomic mass is 15.3. The maximum absolute atomic E-state index is 4.20. The largest absolute Gasteiger partial charge is 0.359 e. The van der Waals surface area contributed by atoms with Gasteiger partial charge in [0.25, 0.3) is 0 Å². The third-order valence-electron chi connectivity index (χ3n) is 2.66. The number of aryl methyl sites for hydroxylation is 1. The summed E-state index contributed by atoms with van der Waals surface area (Å²) >= 11 is 0. The molecule has 0 fully saturated rings. The number of likely N-dealkylation sites (N-methyl/N-ethyl adjacent to an activating group) is 1. The summed E-state index contributed by atoms with van der Waals surface area (Å²) in [4.78, 5) is 6.25. The maximum Gasteiger partial charge on any atom is 0.190 e. The first-order valence-corrected chi connectivity index (χ1v) is 5.61. The van der Waals surface area contributed by atoms with Crippen LogP contribution in [0.4, 0.5) is 0 Å². The van der Waals surface area contributed by atoms with E-state index in [4.69, 9.17) is 0 Å². The number of nitrogens with one attached hydrogen (secondary N) is 2. The molecule has 1 unspecified atom stereocenters. The van der Waals surface area contributed by atoms with Crippen LogP contribution in [-0.2, 0) is 7.05 Å². The third-order valence-corrected chi connectivity index (χ3v) is 2.66. The average molecular weight is 238 g/mol. The van der Waals surface area contributed by atoms with Crippen LogP contribution in [0, 0.1) is 0 Å². The molecule has 1 rings (SSSR count). The summed E-state index contributed by atoms with van der Waals surface area (Å²) in [6.07, 6.45) is 3.93. The molecule has 0 aliphatic heterocycles. The van der Waals surface area contributed by atoms with E-state index in [0.717, 1.165) is 12.5 Å². The molecule has 6 nitrogen and oxygen atoms in total. The van der Waals surface area contributed by atoms with Crippen LogP contribution in [0.1, 0.15) is 11.6 Å². The highest BCUT2D eigenvalue weighted by Gasteiger charge is 2.15. The molecule has 1 aromatic rings. The lowest BCUT2D eigenvalue weighted by Gasteiger charge is -2.24. The molecular formula is C11H22N6. The minimum Gasteiger partial charge on any atom is -0.359 e. The Morgan fingerprint density at radius 3 is 2.71 bits per heavy atom. The summed E-state index contributed by atoms with van der Waals surface area (Å²) in [5.41, 5.74) is 1.19. The molecule has 0 amide bonds. The van der Waals surface area contributed by atoms with Crippen LogP contribution in [0.5, 0.6) is 0 Å². The smallest absolute Gasteiger partial charge is 0.190 e. The second kappa shape index (κ2) is 6.24. The van der Waals surface area contributed by atoms with Gasteiger partial charge in [0.05, 0.1) is 12.2 Å². The molecule has 2 N–H and O–H groups in total. The summed E-state index contributed by atoms with van der Waals surface area (Å²) < 4.78 is 1.82. The second-order valence-corrected chi connectivity index (χ2v) is 4.13. The molecule has 0 bridgehead atoms. The fraction of sp³-hybridized carbons (Fsp3) is 0.636. The molecule has 1 aromatic heterocycles. The van der Waals surface area contributed by atoms with Crippen molar-refractivity contribution in [1.82, 2.24) is 25.3 Å². The molecule has 1 atom stereocenters. The number of nitrogens with zero attached hydrogens (tertiary/aromatic N) is 4. The molecule has 0 aliphatic carbocycles. The first kappa shape index (κ1) is 13.5. The zero-order chi connectivity index (χ0) is 12.8. The van der Waals surface area contributed by atoms with Gasteiger partial charge in [0.1, 0.15) is 0 Å². The number of guanidine groups is 1. The topological polar surface area (TPSA) is 57.5 Å². The molecule has 17 heavy (non-hydrogen) atoms.